The van der Waals surface area contributed by atoms with E-state index in [1.165, 1.54) is 5.56 Å². The van der Waals surface area contributed by atoms with Crippen molar-refractivity contribution >= 4 is 0 Å². The molecule has 0 heterocycles. The Kier molecular flexibility index (Phi) is 6.60. The Bertz CT molecular complexity index is 319. The summed E-state index contributed by atoms with van der Waals surface area (Å²) in [5.41, 5.74) is 2.50. The molecule has 1 atom stereocenters. The number of ether oxygens (including phenoxy) is 2. The fraction of sp³-hybridized carbons (Fsp3) is 0.467. The van der Waals surface area contributed by atoms with E-state index in [0.717, 1.165) is 24.8 Å². The number of rotatable bonds is 8. The van der Waals surface area contributed by atoms with E-state index >= 15 is 0 Å². The minimum Gasteiger partial charge on any atom is -0.359 e. The second-order valence-electron chi connectivity index (χ2n) is 4.38. The normalized spacial score (nSPS) is 12.4. The van der Waals surface area contributed by atoms with Crippen molar-refractivity contribution in [1.29, 1.82) is 0 Å². The van der Waals surface area contributed by atoms with Gasteiger partial charge in [-0.25, -0.2) is 0 Å². The van der Waals surface area contributed by atoms with Gasteiger partial charge in [0.15, 0.2) is 0 Å². The van der Waals surface area contributed by atoms with Crippen molar-refractivity contribution in [3.05, 3.63) is 48.0 Å². The molecular weight excluding hydrogens is 212 g/mol. The molecule has 94 valence electrons. The third-order valence-electron chi connectivity index (χ3n) is 2.60. The summed E-state index contributed by atoms with van der Waals surface area (Å²) in [5.74, 6) is 0. The molecule has 1 unspecified atom stereocenters. The van der Waals surface area contributed by atoms with E-state index in [1.54, 1.807) is 7.11 Å². The van der Waals surface area contributed by atoms with Gasteiger partial charge >= 0.3 is 0 Å². The summed E-state index contributed by atoms with van der Waals surface area (Å²) >= 11 is 0. The first-order chi connectivity index (χ1) is 8.22. The molecule has 0 spiro atoms. The van der Waals surface area contributed by atoms with Crippen LogP contribution in [0.5, 0.6) is 0 Å². The van der Waals surface area contributed by atoms with Gasteiger partial charge in [0.2, 0.25) is 0 Å². The van der Waals surface area contributed by atoms with Crippen molar-refractivity contribution < 1.29 is 9.47 Å². The lowest BCUT2D eigenvalue weighted by molar-refractivity contribution is -0.0733. The number of hydrogen-bond acceptors (Lipinski definition) is 2. The Morgan fingerprint density at radius 2 is 2.00 bits per heavy atom. The molecule has 1 rings (SSSR count). The molecule has 0 amide bonds. The highest BCUT2D eigenvalue weighted by atomic mass is 16.7. The smallest absolute Gasteiger partial charge is 0.146 e. The molecule has 0 bridgehead atoms. The molecule has 0 fully saturated rings. The largest absolute Gasteiger partial charge is 0.359 e. The predicted molar refractivity (Wildman–Crippen MR) is 70.9 cm³/mol. The van der Waals surface area contributed by atoms with Crippen LogP contribution in [-0.2, 0) is 15.9 Å². The molecule has 0 radical (unpaired) electrons. The van der Waals surface area contributed by atoms with E-state index in [4.69, 9.17) is 9.47 Å². The fourth-order valence-corrected chi connectivity index (χ4v) is 1.77. The number of benzene rings is 1. The summed E-state index contributed by atoms with van der Waals surface area (Å²) in [6.07, 6.45) is 3.13. The van der Waals surface area contributed by atoms with Crippen LogP contribution in [0, 0.1) is 0 Å². The van der Waals surface area contributed by atoms with Crippen LogP contribution in [-0.4, -0.2) is 20.0 Å². The summed E-state index contributed by atoms with van der Waals surface area (Å²) < 4.78 is 10.6. The van der Waals surface area contributed by atoms with Crippen molar-refractivity contribution in [3.8, 4) is 0 Å². The highest BCUT2D eigenvalue weighted by Crippen LogP contribution is 2.13. The molecule has 2 heteroatoms. The van der Waals surface area contributed by atoms with Gasteiger partial charge in [-0.05, 0) is 31.7 Å². The Morgan fingerprint density at radius 3 is 2.59 bits per heavy atom. The van der Waals surface area contributed by atoms with Gasteiger partial charge in [0.25, 0.3) is 0 Å². The van der Waals surface area contributed by atoms with Crippen LogP contribution >= 0.6 is 0 Å². The summed E-state index contributed by atoms with van der Waals surface area (Å²) in [7, 11) is 1.65. The van der Waals surface area contributed by atoms with Crippen molar-refractivity contribution in [2.45, 2.75) is 32.3 Å². The SMILES string of the molecule is C=C(C)CC(CCc1ccccc1)OCOC. The molecule has 17 heavy (non-hydrogen) atoms. The zero-order valence-corrected chi connectivity index (χ0v) is 10.8. The molecular formula is C15H22O2. The fourth-order valence-electron chi connectivity index (χ4n) is 1.77. The maximum Gasteiger partial charge on any atom is 0.146 e. The Balaban J connectivity index is 2.40. The standard InChI is InChI=1S/C15H22O2/c1-13(2)11-15(17-12-16-3)10-9-14-7-5-4-6-8-14/h4-8,15H,1,9-12H2,2-3H3. The maximum absolute atomic E-state index is 5.64. The van der Waals surface area contributed by atoms with E-state index in [2.05, 4.69) is 30.8 Å². The molecule has 2 nitrogen and oxygen atoms in total. The lowest BCUT2D eigenvalue weighted by Crippen LogP contribution is -2.16. The molecule has 0 aromatic heterocycles. The third kappa shape index (κ3) is 6.25. The number of methoxy groups -OCH3 is 1. The van der Waals surface area contributed by atoms with Crippen molar-refractivity contribution in [2.75, 3.05) is 13.9 Å². The van der Waals surface area contributed by atoms with Gasteiger partial charge < -0.3 is 9.47 Å². The third-order valence-corrected chi connectivity index (χ3v) is 2.60. The molecule has 0 saturated heterocycles. The van der Waals surface area contributed by atoms with Crippen LogP contribution < -0.4 is 0 Å². The second-order valence-corrected chi connectivity index (χ2v) is 4.38. The van der Waals surface area contributed by atoms with E-state index in [9.17, 15) is 0 Å². The predicted octanol–water partition coefficient (Wildman–Crippen LogP) is 3.57. The number of aryl methyl sites for hydroxylation is 1. The van der Waals surface area contributed by atoms with E-state index in [1.807, 2.05) is 13.0 Å². The van der Waals surface area contributed by atoms with E-state index in [-0.39, 0.29) is 6.10 Å². The van der Waals surface area contributed by atoms with Gasteiger partial charge in [-0.1, -0.05) is 35.9 Å². The molecule has 1 aromatic carbocycles. The summed E-state index contributed by atoms with van der Waals surface area (Å²) in [4.78, 5) is 0. The molecule has 0 aliphatic carbocycles. The number of hydrogen-bond donors (Lipinski definition) is 0. The second kappa shape index (κ2) is 8.04. The summed E-state index contributed by atoms with van der Waals surface area (Å²) in [6, 6.07) is 10.5. The van der Waals surface area contributed by atoms with Crippen molar-refractivity contribution in [2.24, 2.45) is 0 Å². The molecule has 0 aliphatic rings. The molecule has 0 N–H and O–H groups in total. The minimum absolute atomic E-state index is 0.202. The van der Waals surface area contributed by atoms with Crippen LogP contribution in [0.2, 0.25) is 0 Å². The Morgan fingerprint density at radius 1 is 1.29 bits per heavy atom. The molecule has 0 aliphatic heterocycles. The maximum atomic E-state index is 5.64. The van der Waals surface area contributed by atoms with E-state index in [0.29, 0.717) is 6.79 Å². The Labute approximate surface area is 104 Å². The average molecular weight is 234 g/mol. The first-order valence-corrected chi connectivity index (χ1v) is 6.01. The van der Waals surface area contributed by atoms with Crippen LogP contribution in [0.1, 0.15) is 25.3 Å². The van der Waals surface area contributed by atoms with Gasteiger partial charge in [-0.3, -0.25) is 0 Å². The first-order valence-electron chi connectivity index (χ1n) is 6.01. The molecule has 0 saturated carbocycles. The summed E-state index contributed by atoms with van der Waals surface area (Å²) in [6.45, 7) is 6.32. The highest BCUT2D eigenvalue weighted by molar-refractivity contribution is 5.14. The van der Waals surface area contributed by atoms with Crippen LogP contribution in [0.25, 0.3) is 0 Å². The lowest BCUT2D eigenvalue weighted by Gasteiger charge is -2.17. The van der Waals surface area contributed by atoms with Gasteiger partial charge in [-0.2, -0.15) is 0 Å². The minimum atomic E-state index is 0.202. The average Bonchev–Trinajstić information content (AvgIpc) is 2.33. The quantitative estimate of drug-likeness (QED) is 0.505. The lowest BCUT2D eigenvalue weighted by atomic mass is 10.0. The zero-order chi connectivity index (χ0) is 12.5. The van der Waals surface area contributed by atoms with Crippen molar-refractivity contribution in [1.82, 2.24) is 0 Å². The Hall–Kier alpha value is -1.12. The van der Waals surface area contributed by atoms with Gasteiger partial charge in [0.05, 0.1) is 6.10 Å². The monoisotopic (exact) mass is 234 g/mol. The highest BCUT2D eigenvalue weighted by Gasteiger charge is 2.09. The topological polar surface area (TPSA) is 18.5 Å². The van der Waals surface area contributed by atoms with Crippen LogP contribution in [0.4, 0.5) is 0 Å². The van der Waals surface area contributed by atoms with Crippen LogP contribution in [0.3, 0.4) is 0 Å². The van der Waals surface area contributed by atoms with E-state index < -0.39 is 0 Å². The van der Waals surface area contributed by atoms with Gasteiger partial charge in [0.1, 0.15) is 6.79 Å². The zero-order valence-electron chi connectivity index (χ0n) is 10.8. The van der Waals surface area contributed by atoms with Crippen molar-refractivity contribution in [3.63, 3.8) is 0 Å². The first kappa shape index (κ1) is 13.9. The van der Waals surface area contributed by atoms with Gasteiger partial charge in [-0.15, -0.1) is 6.58 Å². The van der Waals surface area contributed by atoms with Crippen LogP contribution in [0.15, 0.2) is 42.5 Å². The summed E-state index contributed by atoms with van der Waals surface area (Å²) in [5, 5.41) is 0. The van der Waals surface area contributed by atoms with Gasteiger partial charge in [0, 0.05) is 7.11 Å². The molecule has 1 aromatic rings.